The second kappa shape index (κ2) is 5.45. The zero-order valence-electron chi connectivity index (χ0n) is 10.5. The molecular formula is C11H16N2O5. The van der Waals surface area contributed by atoms with E-state index in [9.17, 15) is 4.79 Å². The molecule has 1 aromatic heterocycles. The second-order valence-corrected chi connectivity index (χ2v) is 4.08. The van der Waals surface area contributed by atoms with E-state index in [1.165, 1.54) is 7.11 Å². The molecule has 0 spiro atoms. The molecule has 1 aliphatic heterocycles. The van der Waals surface area contributed by atoms with Crippen molar-refractivity contribution in [2.24, 2.45) is 0 Å². The lowest BCUT2D eigenvalue weighted by Crippen LogP contribution is -2.36. The highest BCUT2D eigenvalue weighted by Crippen LogP contribution is 2.33. The topological polar surface area (TPSA) is 83.7 Å². The molecule has 7 heteroatoms. The third kappa shape index (κ3) is 2.51. The third-order valence-electron chi connectivity index (χ3n) is 3.09. The number of nitrogens with zero attached hydrogens (tertiary/aromatic N) is 2. The maximum atomic E-state index is 11.1. The van der Waals surface area contributed by atoms with Gasteiger partial charge in [-0.15, -0.1) is 0 Å². The van der Waals surface area contributed by atoms with Crippen LogP contribution in [0.1, 0.15) is 24.6 Å². The van der Waals surface area contributed by atoms with Gasteiger partial charge in [0.15, 0.2) is 0 Å². The van der Waals surface area contributed by atoms with Crippen LogP contribution in [0.2, 0.25) is 0 Å². The van der Waals surface area contributed by atoms with Crippen molar-refractivity contribution >= 4 is 5.97 Å². The molecular weight excluding hydrogens is 240 g/mol. The first-order chi connectivity index (χ1) is 8.70. The summed E-state index contributed by atoms with van der Waals surface area (Å²) in [7, 11) is 2.93. The molecule has 0 aliphatic carbocycles. The van der Waals surface area contributed by atoms with E-state index in [2.05, 4.69) is 14.9 Å². The van der Waals surface area contributed by atoms with Crippen molar-refractivity contribution in [3.05, 3.63) is 11.7 Å². The second-order valence-electron chi connectivity index (χ2n) is 4.08. The van der Waals surface area contributed by atoms with E-state index in [1.807, 2.05) is 0 Å². The number of aromatic nitrogens is 2. The lowest BCUT2D eigenvalue weighted by Gasteiger charge is -2.32. The lowest BCUT2D eigenvalue weighted by molar-refractivity contribution is -0.140. The van der Waals surface area contributed by atoms with Crippen molar-refractivity contribution in [1.82, 2.24) is 10.1 Å². The monoisotopic (exact) mass is 256 g/mol. The van der Waals surface area contributed by atoms with Gasteiger partial charge >= 0.3 is 5.97 Å². The van der Waals surface area contributed by atoms with Crippen LogP contribution in [0.3, 0.4) is 0 Å². The molecule has 0 amide bonds. The van der Waals surface area contributed by atoms with Crippen LogP contribution in [0.5, 0.6) is 0 Å². The molecule has 0 aromatic carbocycles. The molecule has 0 atom stereocenters. The highest BCUT2D eigenvalue weighted by Gasteiger charge is 2.39. The zero-order chi connectivity index (χ0) is 13.0. The average molecular weight is 256 g/mol. The molecule has 18 heavy (non-hydrogen) atoms. The molecule has 1 aromatic rings. The minimum Gasteiger partial charge on any atom is -0.469 e. The van der Waals surface area contributed by atoms with Gasteiger partial charge in [-0.1, -0.05) is 5.16 Å². The van der Waals surface area contributed by atoms with E-state index in [-0.39, 0.29) is 12.3 Å². The molecule has 2 heterocycles. The Kier molecular flexibility index (Phi) is 3.93. The number of rotatable bonds is 4. The van der Waals surface area contributed by atoms with Gasteiger partial charge in [-0.05, 0) is 0 Å². The van der Waals surface area contributed by atoms with E-state index < -0.39 is 11.6 Å². The molecule has 7 nitrogen and oxygen atoms in total. The summed E-state index contributed by atoms with van der Waals surface area (Å²) in [5, 5.41) is 3.90. The summed E-state index contributed by atoms with van der Waals surface area (Å²) in [6.07, 6.45) is 1.31. The van der Waals surface area contributed by atoms with Gasteiger partial charge in [-0.25, -0.2) is 0 Å². The summed E-state index contributed by atoms with van der Waals surface area (Å²) in [4.78, 5) is 15.3. The number of hydrogen-bond acceptors (Lipinski definition) is 7. The Bertz CT molecular complexity index is 411. The fourth-order valence-corrected chi connectivity index (χ4v) is 1.93. The minimum atomic E-state index is -0.573. The van der Waals surface area contributed by atoms with Gasteiger partial charge in [0.25, 0.3) is 0 Å². The SMILES string of the molecule is COC(=O)Cc1nc(C2(OC)CCOCC2)no1. The third-order valence-corrected chi connectivity index (χ3v) is 3.09. The van der Waals surface area contributed by atoms with Gasteiger partial charge in [-0.3, -0.25) is 4.79 Å². The average Bonchev–Trinajstić information content (AvgIpc) is 2.88. The van der Waals surface area contributed by atoms with Crippen molar-refractivity contribution in [2.45, 2.75) is 24.9 Å². The Balaban J connectivity index is 2.14. The van der Waals surface area contributed by atoms with Crippen molar-refractivity contribution in [2.75, 3.05) is 27.4 Å². The number of hydrogen-bond donors (Lipinski definition) is 0. The summed E-state index contributed by atoms with van der Waals surface area (Å²) in [6, 6.07) is 0. The van der Waals surface area contributed by atoms with Gasteiger partial charge in [0.05, 0.1) is 7.11 Å². The Labute approximate surface area is 104 Å². The maximum Gasteiger partial charge on any atom is 0.315 e. The number of esters is 1. The number of ether oxygens (including phenoxy) is 3. The Morgan fingerprint density at radius 2 is 2.11 bits per heavy atom. The lowest BCUT2D eigenvalue weighted by atomic mass is 9.93. The number of carbonyl (C=O) groups excluding carboxylic acids is 1. The van der Waals surface area contributed by atoms with Gasteiger partial charge in [-0.2, -0.15) is 4.98 Å². The Morgan fingerprint density at radius 1 is 1.39 bits per heavy atom. The van der Waals surface area contributed by atoms with Crippen LogP contribution in [0.25, 0.3) is 0 Å². The van der Waals surface area contributed by atoms with E-state index in [0.717, 1.165) is 0 Å². The van der Waals surface area contributed by atoms with Crippen LogP contribution in [0.4, 0.5) is 0 Å². The normalized spacial score (nSPS) is 18.6. The fraction of sp³-hybridized carbons (Fsp3) is 0.727. The van der Waals surface area contributed by atoms with Crippen molar-refractivity contribution in [3.63, 3.8) is 0 Å². The first-order valence-corrected chi connectivity index (χ1v) is 5.73. The maximum absolute atomic E-state index is 11.1. The van der Waals surface area contributed by atoms with Gasteiger partial charge < -0.3 is 18.7 Å². The van der Waals surface area contributed by atoms with E-state index >= 15 is 0 Å². The smallest absolute Gasteiger partial charge is 0.315 e. The molecule has 1 fully saturated rings. The minimum absolute atomic E-state index is 0.0280. The summed E-state index contributed by atoms with van der Waals surface area (Å²) in [5.74, 6) is 0.288. The van der Waals surface area contributed by atoms with Crippen LogP contribution < -0.4 is 0 Å². The molecule has 0 N–H and O–H groups in total. The van der Waals surface area contributed by atoms with Crippen molar-refractivity contribution in [3.8, 4) is 0 Å². The van der Waals surface area contributed by atoms with E-state index in [4.69, 9.17) is 14.0 Å². The first-order valence-electron chi connectivity index (χ1n) is 5.73. The summed E-state index contributed by atoms with van der Waals surface area (Å²) < 4.78 is 20.4. The molecule has 0 radical (unpaired) electrons. The van der Waals surface area contributed by atoms with Crippen LogP contribution in [0.15, 0.2) is 4.52 Å². The molecule has 2 rings (SSSR count). The Hall–Kier alpha value is -1.47. The standard InChI is InChI=1S/C11H16N2O5/c1-15-9(14)7-8-12-10(13-18-8)11(16-2)3-5-17-6-4-11/h3-7H2,1-2H3. The molecule has 0 saturated carbocycles. The fourth-order valence-electron chi connectivity index (χ4n) is 1.93. The highest BCUT2D eigenvalue weighted by molar-refractivity contribution is 5.71. The van der Waals surface area contributed by atoms with Gasteiger partial charge in [0.2, 0.25) is 11.7 Å². The van der Waals surface area contributed by atoms with Gasteiger partial charge in [0, 0.05) is 33.2 Å². The molecule has 0 bridgehead atoms. The predicted octanol–water partition coefficient (Wildman–Crippen LogP) is 0.437. The number of carbonyl (C=O) groups is 1. The van der Waals surface area contributed by atoms with Crippen LogP contribution >= 0.6 is 0 Å². The van der Waals surface area contributed by atoms with E-state index in [0.29, 0.717) is 31.9 Å². The van der Waals surface area contributed by atoms with Crippen LogP contribution in [-0.2, 0) is 31.0 Å². The quantitative estimate of drug-likeness (QED) is 0.722. The zero-order valence-corrected chi connectivity index (χ0v) is 10.5. The summed E-state index contributed by atoms with van der Waals surface area (Å²) in [5.41, 5.74) is -0.573. The van der Waals surface area contributed by atoms with Gasteiger partial charge in [0.1, 0.15) is 12.0 Å². The summed E-state index contributed by atoms with van der Waals surface area (Å²) >= 11 is 0. The van der Waals surface area contributed by atoms with E-state index in [1.54, 1.807) is 7.11 Å². The molecule has 1 saturated heterocycles. The Morgan fingerprint density at radius 3 is 2.72 bits per heavy atom. The van der Waals surface area contributed by atoms with Crippen molar-refractivity contribution in [1.29, 1.82) is 0 Å². The predicted molar refractivity (Wildman–Crippen MR) is 58.8 cm³/mol. The first kappa shape index (κ1) is 13.0. The molecule has 100 valence electrons. The van der Waals surface area contributed by atoms with Crippen molar-refractivity contribution < 1.29 is 23.5 Å². The van der Waals surface area contributed by atoms with Crippen LogP contribution in [0, 0.1) is 0 Å². The molecule has 1 aliphatic rings. The highest BCUT2D eigenvalue weighted by atomic mass is 16.5. The molecule has 0 unspecified atom stereocenters. The largest absolute Gasteiger partial charge is 0.469 e. The summed E-state index contributed by atoms with van der Waals surface area (Å²) in [6.45, 7) is 1.18. The van der Waals surface area contributed by atoms with Crippen LogP contribution in [-0.4, -0.2) is 43.5 Å². The number of methoxy groups -OCH3 is 2.